The van der Waals surface area contributed by atoms with Crippen LogP contribution in [0.2, 0.25) is 5.02 Å². The van der Waals surface area contributed by atoms with Gasteiger partial charge in [0, 0.05) is 26.2 Å². The number of hydrogen-bond donors (Lipinski definition) is 0. The fourth-order valence-corrected chi connectivity index (χ4v) is 4.55. The molecular formula is C19H17ClFN3O4S. The molecule has 0 N–H and O–H groups in total. The van der Waals surface area contributed by atoms with Crippen molar-refractivity contribution < 1.29 is 22.3 Å². The highest BCUT2D eigenvalue weighted by Gasteiger charge is 2.30. The SMILES string of the molecule is N#Cc1cccc(OCC(=O)N2CCN(S(=O)(=O)c3ccc(F)c(Cl)c3)CC2)c1. The van der Waals surface area contributed by atoms with Crippen molar-refractivity contribution in [1.29, 1.82) is 5.26 Å². The van der Waals surface area contributed by atoms with Crippen molar-refractivity contribution in [3.05, 3.63) is 58.9 Å². The number of nitrogens with zero attached hydrogens (tertiary/aromatic N) is 3. The van der Waals surface area contributed by atoms with Crippen LogP contribution in [0.15, 0.2) is 47.4 Å². The second kappa shape index (κ2) is 8.78. The van der Waals surface area contributed by atoms with Crippen LogP contribution in [0.1, 0.15) is 5.56 Å². The molecule has 1 aliphatic heterocycles. The van der Waals surface area contributed by atoms with E-state index in [1.54, 1.807) is 18.2 Å². The van der Waals surface area contributed by atoms with Gasteiger partial charge >= 0.3 is 0 Å². The summed E-state index contributed by atoms with van der Waals surface area (Å²) in [5, 5.41) is 8.62. The third-order valence-corrected chi connectivity index (χ3v) is 6.63. The number of carbonyl (C=O) groups is 1. The number of carbonyl (C=O) groups excluding carboxylic acids is 1. The number of sulfonamides is 1. The number of amides is 1. The molecule has 7 nitrogen and oxygen atoms in total. The number of hydrogen-bond acceptors (Lipinski definition) is 5. The van der Waals surface area contributed by atoms with Crippen molar-refractivity contribution in [3.63, 3.8) is 0 Å². The Morgan fingerprint density at radius 1 is 1.17 bits per heavy atom. The molecule has 29 heavy (non-hydrogen) atoms. The summed E-state index contributed by atoms with van der Waals surface area (Å²) in [5.41, 5.74) is 0.426. The molecule has 0 atom stereocenters. The lowest BCUT2D eigenvalue weighted by Crippen LogP contribution is -2.51. The second-order valence-corrected chi connectivity index (χ2v) is 8.63. The van der Waals surface area contributed by atoms with Crippen LogP contribution in [-0.4, -0.2) is 56.3 Å². The third-order valence-electron chi connectivity index (χ3n) is 4.45. The van der Waals surface area contributed by atoms with Gasteiger partial charge in [0.25, 0.3) is 5.91 Å². The smallest absolute Gasteiger partial charge is 0.260 e. The van der Waals surface area contributed by atoms with Crippen LogP contribution in [0, 0.1) is 17.1 Å². The molecule has 152 valence electrons. The lowest BCUT2D eigenvalue weighted by molar-refractivity contribution is -0.134. The zero-order chi connectivity index (χ0) is 21.0. The minimum Gasteiger partial charge on any atom is -0.484 e. The van der Waals surface area contributed by atoms with Gasteiger partial charge in [-0.15, -0.1) is 0 Å². The van der Waals surface area contributed by atoms with Gasteiger partial charge in [0.05, 0.1) is 21.6 Å². The lowest BCUT2D eigenvalue weighted by Gasteiger charge is -2.34. The molecule has 0 unspecified atom stereocenters. The van der Waals surface area contributed by atoms with E-state index in [4.69, 9.17) is 21.6 Å². The highest BCUT2D eigenvalue weighted by Crippen LogP contribution is 2.23. The summed E-state index contributed by atoms with van der Waals surface area (Å²) in [6.45, 7) is 0.401. The molecular weight excluding hydrogens is 421 g/mol. The van der Waals surface area contributed by atoms with Gasteiger partial charge in [0.15, 0.2) is 6.61 Å². The van der Waals surface area contributed by atoms with Gasteiger partial charge in [-0.1, -0.05) is 17.7 Å². The standard InChI is InChI=1S/C19H17ClFN3O4S/c20-17-11-16(4-5-18(17)21)29(26,27)24-8-6-23(7-9-24)19(25)13-28-15-3-1-2-14(10-15)12-22/h1-5,10-11H,6-9,13H2. The molecule has 0 saturated carbocycles. The van der Waals surface area contributed by atoms with Gasteiger partial charge in [-0.05, 0) is 36.4 Å². The van der Waals surface area contributed by atoms with E-state index in [1.807, 2.05) is 6.07 Å². The van der Waals surface area contributed by atoms with Gasteiger partial charge in [0.2, 0.25) is 10.0 Å². The van der Waals surface area contributed by atoms with Crippen molar-refractivity contribution in [2.75, 3.05) is 32.8 Å². The number of rotatable bonds is 5. The van der Waals surface area contributed by atoms with Crippen molar-refractivity contribution in [1.82, 2.24) is 9.21 Å². The van der Waals surface area contributed by atoms with E-state index in [9.17, 15) is 17.6 Å². The Hall–Kier alpha value is -2.67. The van der Waals surface area contributed by atoms with E-state index < -0.39 is 15.8 Å². The molecule has 0 radical (unpaired) electrons. The topological polar surface area (TPSA) is 90.7 Å². The Bertz CT molecular complexity index is 1060. The Kier molecular flexibility index (Phi) is 6.37. The largest absolute Gasteiger partial charge is 0.484 e. The zero-order valence-electron chi connectivity index (χ0n) is 15.2. The molecule has 2 aromatic carbocycles. The number of halogens is 2. The normalized spacial score (nSPS) is 15.0. The monoisotopic (exact) mass is 437 g/mol. The minimum atomic E-state index is -3.83. The molecule has 0 aliphatic carbocycles. The summed E-state index contributed by atoms with van der Waals surface area (Å²) < 4.78 is 45.3. The molecule has 1 fully saturated rings. The average Bonchev–Trinajstić information content (AvgIpc) is 2.74. The van der Waals surface area contributed by atoms with Crippen molar-refractivity contribution in [2.45, 2.75) is 4.90 Å². The number of nitriles is 1. The van der Waals surface area contributed by atoms with Gasteiger partial charge < -0.3 is 9.64 Å². The van der Waals surface area contributed by atoms with Gasteiger partial charge in [-0.2, -0.15) is 9.57 Å². The molecule has 2 aromatic rings. The first-order chi connectivity index (χ1) is 13.8. The maximum Gasteiger partial charge on any atom is 0.260 e. The number of ether oxygens (including phenoxy) is 1. The van der Waals surface area contributed by atoms with Crippen LogP contribution >= 0.6 is 11.6 Å². The summed E-state index contributed by atoms with van der Waals surface area (Å²) in [4.78, 5) is 13.8. The first kappa shape index (κ1) is 21.0. The van der Waals surface area contributed by atoms with Crippen LogP contribution in [0.5, 0.6) is 5.75 Å². The van der Waals surface area contributed by atoms with Crippen LogP contribution in [0.4, 0.5) is 4.39 Å². The summed E-state index contributed by atoms with van der Waals surface area (Å²) in [7, 11) is -3.83. The second-order valence-electron chi connectivity index (χ2n) is 6.29. The molecule has 1 saturated heterocycles. The Morgan fingerprint density at radius 2 is 1.90 bits per heavy atom. The van der Waals surface area contributed by atoms with E-state index in [0.29, 0.717) is 11.3 Å². The van der Waals surface area contributed by atoms with Crippen molar-refractivity contribution in [2.24, 2.45) is 0 Å². The molecule has 10 heteroatoms. The van der Waals surface area contributed by atoms with Crippen LogP contribution in [-0.2, 0) is 14.8 Å². The minimum absolute atomic E-state index is 0.0932. The lowest BCUT2D eigenvalue weighted by atomic mass is 10.2. The van der Waals surface area contributed by atoms with Crippen LogP contribution in [0.3, 0.4) is 0 Å². The first-order valence-electron chi connectivity index (χ1n) is 8.67. The van der Waals surface area contributed by atoms with E-state index in [-0.39, 0.29) is 48.6 Å². The summed E-state index contributed by atoms with van der Waals surface area (Å²) in [5.74, 6) is -0.567. The Balaban J connectivity index is 1.57. The number of benzene rings is 2. The van der Waals surface area contributed by atoms with E-state index in [1.165, 1.54) is 15.3 Å². The van der Waals surface area contributed by atoms with Gasteiger partial charge in [0.1, 0.15) is 11.6 Å². The third kappa shape index (κ3) is 4.85. The van der Waals surface area contributed by atoms with Crippen molar-refractivity contribution >= 4 is 27.5 Å². The number of piperazine rings is 1. The fourth-order valence-electron chi connectivity index (χ4n) is 2.86. The van der Waals surface area contributed by atoms with Gasteiger partial charge in [-0.25, -0.2) is 12.8 Å². The molecule has 1 aliphatic rings. The van der Waals surface area contributed by atoms with Crippen LogP contribution in [0.25, 0.3) is 0 Å². The van der Waals surface area contributed by atoms with E-state index in [2.05, 4.69) is 0 Å². The predicted octanol–water partition coefficient (Wildman–Crippen LogP) is 2.26. The first-order valence-corrected chi connectivity index (χ1v) is 10.5. The maximum atomic E-state index is 13.3. The fraction of sp³-hybridized carbons (Fsp3) is 0.263. The zero-order valence-corrected chi connectivity index (χ0v) is 16.8. The molecule has 0 spiro atoms. The Labute approximate surface area is 172 Å². The van der Waals surface area contributed by atoms with Crippen molar-refractivity contribution in [3.8, 4) is 11.8 Å². The maximum absolute atomic E-state index is 13.3. The summed E-state index contributed by atoms with van der Waals surface area (Å²) >= 11 is 5.69. The van der Waals surface area contributed by atoms with E-state index >= 15 is 0 Å². The van der Waals surface area contributed by atoms with Crippen LogP contribution < -0.4 is 4.74 Å². The Morgan fingerprint density at radius 3 is 2.55 bits per heavy atom. The highest BCUT2D eigenvalue weighted by molar-refractivity contribution is 7.89. The predicted molar refractivity (Wildman–Crippen MR) is 103 cm³/mol. The quantitative estimate of drug-likeness (QED) is 0.715. The average molecular weight is 438 g/mol. The highest BCUT2D eigenvalue weighted by atomic mass is 35.5. The van der Waals surface area contributed by atoms with Gasteiger partial charge in [-0.3, -0.25) is 4.79 Å². The molecule has 0 aromatic heterocycles. The van der Waals surface area contributed by atoms with E-state index in [0.717, 1.165) is 18.2 Å². The molecule has 3 rings (SSSR count). The molecule has 1 heterocycles. The molecule has 0 bridgehead atoms. The molecule has 1 amide bonds. The summed E-state index contributed by atoms with van der Waals surface area (Å²) in [6.07, 6.45) is 0. The summed E-state index contributed by atoms with van der Waals surface area (Å²) in [6, 6.07) is 11.7.